The van der Waals surface area contributed by atoms with Gasteiger partial charge in [-0.05, 0) is 68.5 Å². The van der Waals surface area contributed by atoms with Gasteiger partial charge >= 0.3 is 0 Å². The monoisotopic (exact) mass is 626 g/mol. The smallest absolute Gasteiger partial charge is 0.261 e. The van der Waals surface area contributed by atoms with Crippen LogP contribution < -0.4 is 19.8 Å². The second-order valence-corrected chi connectivity index (χ2v) is 16.7. The fourth-order valence-electron chi connectivity index (χ4n) is 5.43. The van der Waals surface area contributed by atoms with Gasteiger partial charge in [-0.15, -0.1) is 0 Å². The highest BCUT2D eigenvalue weighted by atomic mass is 35.5. The Bertz CT molecular complexity index is 1580. The lowest BCUT2D eigenvalue weighted by Crippen LogP contribution is -2.66. The summed E-state index contributed by atoms with van der Waals surface area (Å²) in [4.78, 5) is 0. The molecule has 0 unspecified atom stereocenters. The van der Waals surface area contributed by atoms with E-state index in [1.165, 1.54) is 10.4 Å². The van der Waals surface area contributed by atoms with Crippen molar-refractivity contribution in [3.8, 4) is 11.5 Å². The molecule has 0 saturated heterocycles. The van der Waals surface area contributed by atoms with Gasteiger partial charge in [0.1, 0.15) is 24.7 Å². The van der Waals surface area contributed by atoms with Crippen molar-refractivity contribution in [3.63, 3.8) is 0 Å². The van der Waals surface area contributed by atoms with Crippen molar-refractivity contribution in [3.05, 3.63) is 154 Å². The van der Waals surface area contributed by atoms with Gasteiger partial charge in [0.05, 0.1) is 11.6 Å². The van der Waals surface area contributed by atoms with E-state index in [4.69, 9.17) is 37.1 Å². The second kappa shape index (κ2) is 13.8. The third kappa shape index (κ3) is 7.52. The van der Waals surface area contributed by atoms with Crippen LogP contribution in [-0.4, -0.2) is 8.32 Å². The van der Waals surface area contributed by atoms with Crippen LogP contribution in [0.15, 0.2) is 127 Å². The Morgan fingerprint density at radius 3 is 1.65 bits per heavy atom. The molecule has 0 bridgehead atoms. The van der Waals surface area contributed by atoms with Crippen molar-refractivity contribution < 1.29 is 13.9 Å². The SMILES string of the molecule is CC(C)(C)[Si](OCc1cc(COc2ccc(Cl)cc2Cl)cc(OCc2ccccc2)c1)(c1ccccc1)c1ccccc1. The zero-order chi connectivity index (χ0) is 30.3. The Morgan fingerprint density at radius 1 is 0.558 bits per heavy atom. The first-order valence-corrected chi connectivity index (χ1v) is 17.0. The Kier molecular flexibility index (Phi) is 9.94. The molecule has 43 heavy (non-hydrogen) atoms. The molecule has 5 rings (SSSR count). The van der Waals surface area contributed by atoms with Crippen LogP contribution in [0.1, 0.15) is 37.5 Å². The van der Waals surface area contributed by atoms with Gasteiger partial charge in [-0.1, -0.05) is 135 Å². The number of rotatable bonds is 11. The zero-order valence-corrected chi connectivity index (χ0v) is 27.2. The first-order chi connectivity index (χ1) is 20.7. The molecular formula is C37H36Cl2O3Si. The third-order valence-electron chi connectivity index (χ3n) is 7.43. The van der Waals surface area contributed by atoms with Gasteiger partial charge in [-0.3, -0.25) is 0 Å². The molecule has 0 spiro atoms. The Morgan fingerprint density at radius 2 is 1.09 bits per heavy atom. The molecule has 0 N–H and O–H groups in total. The van der Waals surface area contributed by atoms with Crippen molar-refractivity contribution in [2.24, 2.45) is 0 Å². The molecule has 0 aromatic heterocycles. The van der Waals surface area contributed by atoms with E-state index in [1.807, 2.05) is 24.3 Å². The van der Waals surface area contributed by atoms with E-state index in [0.29, 0.717) is 35.6 Å². The van der Waals surface area contributed by atoms with Crippen LogP contribution in [0, 0.1) is 0 Å². The first-order valence-electron chi connectivity index (χ1n) is 14.4. The molecule has 0 fully saturated rings. The van der Waals surface area contributed by atoms with Crippen molar-refractivity contribution in [1.82, 2.24) is 0 Å². The van der Waals surface area contributed by atoms with Gasteiger partial charge in [0.25, 0.3) is 8.32 Å². The molecule has 0 amide bonds. The van der Waals surface area contributed by atoms with E-state index in [9.17, 15) is 0 Å². The fraction of sp³-hybridized carbons (Fsp3) is 0.189. The van der Waals surface area contributed by atoms with Crippen LogP contribution in [0.4, 0.5) is 0 Å². The normalized spacial score (nSPS) is 11.7. The minimum absolute atomic E-state index is 0.131. The maximum absolute atomic E-state index is 7.23. The lowest BCUT2D eigenvalue weighted by molar-refractivity contribution is 0.278. The van der Waals surface area contributed by atoms with Crippen molar-refractivity contribution >= 4 is 41.9 Å². The quantitative estimate of drug-likeness (QED) is 0.137. The zero-order valence-electron chi connectivity index (χ0n) is 24.7. The summed E-state index contributed by atoms with van der Waals surface area (Å²) >= 11 is 12.5. The highest BCUT2D eigenvalue weighted by molar-refractivity contribution is 6.99. The molecule has 0 aliphatic carbocycles. The van der Waals surface area contributed by atoms with Crippen molar-refractivity contribution in [2.75, 3.05) is 0 Å². The van der Waals surface area contributed by atoms with Gasteiger partial charge < -0.3 is 13.9 Å². The Balaban J connectivity index is 1.48. The Labute approximate surface area is 266 Å². The number of benzene rings is 5. The molecule has 0 atom stereocenters. The van der Waals surface area contributed by atoms with Crippen LogP contribution in [-0.2, 0) is 24.2 Å². The summed E-state index contributed by atoms with van der Waals surface area (Å²) in [5.41, 5.74) is 3.07. The van der Waals surface area contributed by atoms with Crippen LogP contribution in [0.25, 0.3) is 0 Å². The lowest BCUT2D eigenvalue weighted by Gasteiger charge is -2.43. The molecule has 0 aliphatic heterocycles. The third-order valence-corrected chi connectivity index (χ3v) is 12.9. The number of halogens is 2. The Hall–Kier alpha value is -3.54. The maximum atomic E-state index is 7.23. The summed E-state index contributed by atoms with van der Waals surface area (Å²) in [7, 11) is -2.72. The van der Waals surface area contributed by atoms with E-state index in [1.54, 1.807) is 18.2 Å². The summed E-state index contributed by atoms with van der Waals surface area (Å²) in [6, 6.07) is 42.9. The molecule has 5 aromatic carbocycles. The van der Waals surface area contributed by atoms with E-state index in [2.05, 4.69) is 106 Å². The van der Waals surface area contributed by atoms with Crippen LogP contribution in [0.3, 0.4) is 0 Å². The second-order valence-electron chi connectivity index (χ2n) is 11.6. The fourth-order valence-corrected chi connectivity index (χ4v) is 10.4. The molecule has 0 heterocycles. The molecule has 3 nitrogen and oxygen atoms in total. The highest BCUT2D eigenvalue weighted by Crippen LogP contribution is 2.37. The molecule has 220 valence electrons. The maximum Gasteiger partial charge on any atom is 0.261 e. The summed E-state index contributed by atoms with van der Waals surface area (Å²) in [5, 5.41) is 3.39. The van der Waals surface area contributed by atoms with Crippen molar-refractivity contribution in [1.29, 1.82) is 0 Å². The van der Waals surface area contributed by atoms with E-state index >= 15 is 0 Å². The summed E-state index contributed by atoms with van der Waals surface area (Å²) < 4.78 is 19.6. The van der Waals surface area contributed by atoms with Crippen LogP contribution >= 0.6 is 23.2 Å². The summed E-state index contributed by atoms with van der Waals surface area (Å²) in [6.45, 7) is 8.05. The summed E-state index contributed by atoms with van der Waals surface area (Å²) in [5.74, 6) is 1.33. The van der Waals surface area contributed by atoms with E-state index < -0.39 is 8.32 Å². The predicted octanol–water partition coefficient (Wildman–Crippen LogP) is 9.23. The first kappa shape index (κ1) is 30.9. The van der Waals surface area contributed by atoms with Gasteiger partial charge in [0.2, 0.25) is 0 Å². The van der Waals surface area contributed by atoms with E-state index in [-0.39, 0.29) is 5.04 Å². The molecule has 0 aliphatic rings. The van der Waals surface area contributed by atoms with Gasteiger partial charge in [-0.2, -0.15) is 0 Å². The topological polar surface area (TPSA) is 27.7 Å². The average molecular weight is 628 g/mol. The van der Waals surface area contributed by atoms with Crippen molar-refractivity contribution in [2.45, 2.75) is 45.6 Å². The summed E-state index contributed by atoms with van der Waals surface area (Å²) in [6.07, 6.45) is 0. The van der Waals surface area contributed by atoms with E-state index in [0.717, 1.165) is 22.4 Å². The standard InChI is InChI=1S/C37H36Cl2O3Si/c1-37(2,3)43(33-15-9-5-10-16-33,34-17-11-6-12-18-34)42-27-30-21-29(26-41-36-20-19-31(38)24-35(36)39)22-32(23-30)40-25-28-13-7-4-8-14-28/h4-24H,25-27H2,1-3H3. The average Bonchev–Trinajstić information content (AvgIpc) is 3.01. The minimum Gasteiger partial charge on any atom is -0.489 e. The minimum atomic E-state index is -2.72. The highest BCUT2D eigenvalue weighted by Gasteiger charge is 2.50. The predicted molar refractivity (Wildman–Crippen MR) is 180 cm³/mol. The van der Waals surface area contributed by atoms with Crippen LogP contribution in [0.2, 0.25) is 15.1 Å². The molecule has 0 radical (unpaired) electrons. The van der Waals surface area contributed by atoms with Gasteiger partial charge in [0.15, 0.2) is 0 Å². The number of ether oxygens (including phenoxy) is 2. The van der Waals surface area contributed by atoms with Gasteiger partial charge in [-0.25, -0.2) is 0 Å². The molecule has 5 aromatic rings. The molecule has 6 heteroatoms. The lowest BCUT2D eigenvalue weighted by atomic mass is 10.1. The van der Waals surface area contributed by atoms with Crippen LogP contribution in [0.5, 0.6) is 11.5 Å². The largest absolute Gasteiger partial charge is 0.489 e. The molecular weight excluding hydrogens is 591 g/mol. The van der Waals surface area contributed by atoms with Gasteiger partial charge in [0, 0.05) is 5.02 Å². The molecule has 0 saturated carbocycles. The number of hydrogen-bond donors (Lipinski definition) is 0. The number of hydrogen-bond acceptors (Lipinski definition) is 3.